The number of phenolic OH excluding ortho intramolecular Hbond substituents is 2. The van der Waals surface area contributed by atoms with Crippen LogP contribution in [-0.4, -0.2) is 95.2 Å². The SMILES string of the molecule is C[C@H]1CC[C@H]([C@H]2C#C[C@H]3Nc4[nH]ccc4Cc4cc(ccc4[C@@H](CCc4ccccc4)[C@@H]2O)[C@@H](O)c2cc(cc(OC4CCCC4)c2O)CCC(=O)[C@@H](CCO)C(=O)[C@H]2C3=Cc3[nH]ccc3[C@@H]2C[C@]2(O)C=Cc3c(O)cccc3CC2)NC1. The first-order valence-electron chi connectivity index (χ1n) is 30.3. The van der Waals surface area contributed by atoms with Crippen molar-refractivity contribution in [1.29, 1.82) is 0 Å². The number of ether oxygens (including phenoxy) is 1. The number of carbonyl (C=O) groups is 2. The third-order valence-electron chi connectivity index (χ3n) is 19.2. The number of aromatic hydroxyl groups is 2. The molecule has 12 rings (SSSR count). The van der Waals surface area contributed by atoms with E-state index in [-0.39, 0.29) is 66.4 Å². The minimum Gasteiger partial charge on any atom is -0.507 e. The van der Waals surface area contributed by atoms with Crippen molar-refractivity contribution < 1.29 is 45.0 Å². The van der Waals surface area contributed by atoms with Crippen LogP contribution in [0.1, 0.15) is 157 Å². The summed E-state index contributed by atoms with van der Waals surface area (Å²) in [5.74, 6) is 3.76. The summed E-state index contributed by atoms with van der Waals surface area (Å²) < 4.78 is 6.55. The van der Waals surface area contributed by atoms with Gasteiger partial charge >= 0.3 is 0 Å². The lowest BCUT2D eigenvalue weighted by atomic mass is 9.65. The van der Waals surface area contributed by atoms with Crippen LogP contribution in [0.4, 0.5) is 5.82 Å². The molecule has 5 bridgehead atoms. The van der Waals surface area contributed by atoms with E-state index in [1.165, 1.54) is 0 Å². The number of rotatable bonds is 10. The number of phenols is 2. The van der Waals surface area contributed by atoms with Gasteiger partial charge in [0.1, 0.15) is 29.5 Å². The van der Waals surface area contributed by atoms with Crippen molar-refractivity contribution in [3.8, 4) is 29.1 Å². The second kappa shape index (κ2) is 24.2. The molecule has 4 aromatic carbocycles. The topological polar surface area (TPSA) is 220 Å². The van der Waals surface area contributed by atoms with E-state index in [4.69, 9.17) is 4.74 Å². The number of nitrogens with one attached hydrogen (secondary N) is 4. The molecular weight excluding hydrogens is 1040 g/mol. The monoisotopic (exact) mass is 1120 g/mol. The fourth-order valence-electron chi connectivity index (χ4n) is 14.5. The van der Waals surface area contributed by atoms with Gasteiger partial charge in [-0.15, -0.1) is 0 Å². The second-order valence-corrected chi connectivity index (χ2v) is 24.7. The summed E-state index contributed by atoms with van der Waals surface area (Å²) in [4.78, 5) is 38.5. The van der Waals surface area contributed by atoms with Crippen LogP contribution in [0.25, 0.3) is 12.2 Å². The predicted molar refractivity (Wildman–Crippen MR) is 321 cm³/mol. The number of aryl methyl sites for hydroxylation is 3. The number of aromatic amines is 2. The minimum absolute atomic E-state index is 0.0703. The molecule has 2 aromatic heterocycles. The van der Waals surface area contributed by atoms with Crippen LogP contribution in [0.2, 0.25) is 0 Å². The van der Waals surface area contributed by atoms with E-state index in [1.807, 2.05) is 73.1 Å². The number of H-pyrrole nitrogens is 2. The number of piperidine rings is 1. The maximum Gasteiger partial charge on any atom is 0.163 e. The van der Waals surface area contributed by atoms with Crippen LogP contribution in [-0.2, 0) is 35.3 Å². The molecule has 0 unspecified atom stereocenters. The molecule has 6 aromatic rings. The molecule has 5 heterocycles. The molecule has 10 N–H and O–H groups in total. The van der Waals surface area contributed by atoms with Gasteiger partial charge in [-0.05, 0) is 182 Å². The van der Waals surface area contributed by atoms with E-state index in [0.717, 1.165) is 84.1 Å². The Morgan fingerprint density at radius 2 is 1.61 bits per heavy atom. The first-order chi connectivity index (χ1) is 40.3. The van der Waals surface area contributed by atoms with Gasteiger partial charge in [0.25, 0.3) is 0 Å². The van der Waals surface area contributed by atoms with E-state index in [9.17, 15) is 30.6 Å². The zero-order chi connectivity index (χ0) is 57.4. The van der Waals surface area contributed by atoms with E-state index >= 15 is 9.59 Å². The molecular formula is C70H78N4O9. The number of carbonyl (C=O) groups excluding carboxylic acids is 2. The zero-order valence-corrected chi connectivity index (χ0v) is 47.3. The maximum atomic E-state index is 16.4. The summed E-state index contributed by atoms with van der Waals surface area (Å²) in [5, 5.41) is 80.9. The highest BCUT2D eigenvalue weighted by atomic mass is 16.5. The molecule has 0 radical (unpaired) electrons. The number of hydrogen-bond donors (Lipinski definition) is 10. The molecule has 1 saturated heterocycles. The van der Waals surface area contributed by atoms with E-state index < -0.39 is 65.8 Å². The lowest BCUT2D eigenvalue weighted by Gasteiger charge is -2.40. The zero-order valence-electron chi connectivity index (χ0n) is 47.3. The Balaban J connectivity index is 1.07. The van der Waals surface area contributed by atoms with Gasteiger partial charge in [-0.3, -0.25) is 9.59 Å². The van der Waals surface area contributed by atoms with Crippen LogP contribution >= 0.6 is 0 Å². The highest BCUT2D eigenvalue weighted by Gasteiger charge is 2.47. The lowest BCUT2D eigenvalue weighted by molar-refractivity contribution is -0.135. The first-order valence-corrected chi connectivity index (χ1v) is 30.3. The van der Waals surface area contributed by atoms with Crippen molar-refractivity contribution >= 4 is 29.5 Å². The quantitative estimate of drug-likeness (QED) is 0.0459. The summed E-state index contributed by atoms with van der Waals surface area (Å²) in [7, 11) is 0. The van der Waals surface area contributed by atoms with Gasteiger partial charge in [0.05, 0.1) is 29.6 Å². The third-order valence-corrected chi connectivity index (χ3v) is 19.2. The third kappa shape index (κ3) is 11.7. The van der Waals surface area contributed by atoms with Crippen molar-refractivity contribution in [1.82, 2.24) is 15.3 Å². The van der Waals surface area contributed by atoms with Crippen molar-refractivity contribution in [2.24, 2.45) is 23.7 Å². The molecule has 0 amide bonds. The van der Waals surface area contributed by atoms with Crippen LogP contribution in [0.15, 0.2) is 115 Å². The number of Topliss-reactive ketones (excluding diaryl/α,β-unsaturated/α-hetero) is 2. The molecule has 0 spiro atoms. The predicted octanol–water partition coefficient (Wildman–Crippen LogP) is 10.3. The van der Waals surface area contributed by atoms with Crippen molar-refractivity contribution in [3.63, 3.8) is 0 Å². The van der Waals surface area contributed by atoms with Crippen LogP contribution in [0.5, 0.6) is 17.2 Å². The fourth-order valence-corrected chi connectivity index (χ4v) is 14.5. The summed E-state index contributed by atoms with van der Waals surface area (Å²) >= 11 is 0. The number of aliphatic hydroxyl groups is 4. The Labute approximate surface area is 486 Å². The number of aromatic nitrogens is 2. The highest BCUT2D eigenvalue weighted by molar-refractivity contribution is 6.05. The maximum absolute atomic E-state index is 16.4. The number of fused-ring (bicyclic) bond motifs is 8. The summed E-state index contributed by atoms with van der Waals surface area (Å²) in [6, 6.07) is 27.9. The molecule has 83 heavy (non-hydrogen) atoms. The molecule has 2 fully saturated rings. The Bertz CT molecular complexity index is 3460. The van der Waals surface area contributed by atoms with Crippen molar-refractivity contribution in [3.05, 3.63) is 176 Å². The average molecular weight is 1120 g/mol. The number of anilines is 1. The number of ketones is 2. The van der Waals surface area contributed by atoms with Gasteiger partial charge in [-0.2, -0.15) is 0 Å². The standard InChI is InChI=1S/C70H78N4O9/c1-41-14-21-58(73-40-41)53-20-22-59-55-38-60-51(27-32-71-60)57(39-70(82)29-24-44-10-7-13-61(76)50(44)25-30-70)64(55)68(81)54(28-33-75)62(77)23-16-43-34-56(67(80)63(35-43)83-48-11-5-6-12-48)65(78)45-17-19-49(47(36-45)37-46-26-31-72-69(46)74-59)52(66(53)79)18-15-42-8-3-2-4-9-42/h2-4,7-10,13,17,19,25-27,30-32,34-36,38,41,48,52-54,57-59,64-66,71-76,78-80,82H,5-6,11-12,14-16,18,21,23-24,28-29,33,37,39-40H2,1H3/t41-,52+,53+,54+,57-,58+,59+,64-,65+,66-,70+/m0/s1. The van der Waals surface area contributed by atoms with Crippen molar-refractivity contribution in [2.75, 3.05) is 18.5 Å². The molecule has 3 aliphatic carbocycles. The smallest absolute Gasteiger partial charge is 0.163 e. The van der Waals surface area contributed by atoms with Crippen LogP contribution < -0.4 is 15.4 Å². The van der Waals surface area contributed by atoms with E-state index in [2.05, 4.69) is 51.5 Å². The largest absolute Gasteiger partial charge is 0.507 e. The summed E-state index contributed by atoms with van der Waals surface area (Å²) in [6.45, 7) is 2.53. The first kappa shape index (κ1) is 56.3. The second-order valence-electron chi connectivity index (χ2n) is 24.7. The van der Waals surface area contributed by atoms with Gasteiger partial charge in [0.2, 0.25) is 0 Å². The van der Waals surface area contributed by atoms with Crippen LogP contribution in [0.3, 0.4) is 0 Å². The highest BCUT2D eigenvalue weighted by Crippen LogP contribution is 2.49. The Morgan fingerprint density at radius 1 is 0.783 bits per heavy atom. The van der Waals surface area contributed by atoms with Gasteiger partial charge in [-0.25, -0.2) is 0 Å². The van der Waals surface area contributed by atoms with E-state index in [1.54, 1.807) is 36.4 Å². The summed E-state index contributed by atoms with van der Waals surface area (Å²) in [5.41, 5.74) is 7.35. The average Bonchev–Trinajstić information content (AvgIpc) is 4.02. The van der Waals surface area contributed by atoms with Gasteiger partial charge in [0, 0.05) is 72.5 Å². The van der Waals surface area contributed by atoms with Crippen LogP contribution in [0, 0.1) is 35.5 Å². The Morgan fingerprint density at radius 3 is 2.42 bits per heavy atom. The molecule has 13 heteroatoms. The minimum atomic E-state index is -1.48. The summed E-state index contributed by atoms with van der Waals surface area (Å²) in [6.07, 6.45) is 14.4. The molecule has 3 aliphatic heterocycles. The molecule has 6 aliphatic rings. The molecule has 432 valence electrons. The molecule has 1 saturated carbocycles. The molecule has 11 atom stereocenters. The van der Waals surface area contributed by atoms with E-state index in [0.29, 0.717) is 66.1 Å². The van der Waals surface area contributed by atoms with Crippen molar-refractivity contribution in [2.45, 2.75) is 151 Å². The fraction of sp³-hybridized carbons (Fsp3) is 0.429. The number of benzene rings is 4. The molecule has 13 nitrogen and oxygen atoms in total. The Kier molecular flexibility index (Phi) is 16.4. The normalized spacial score (nSPS) is 28.2. The van der Waals surface area contributed by atoms with Gasteiger partial charge < -0.3 is 56.0 Å². The number of aliphatic hydroxyl groups excluding tert-OH is 3. The Hall–Kier alpha value is -7.18. The number of hydrogen-bond acceptors (Lipinski definition) is 11. The van der Waals surface area contributed by atoms with Gasteiger partial charge in [0.15, 0.2) is 17.3 Å². The lowest BCUT2D eigenvalue weighted by Crippen LogP contribution is -2.48. The van der Waals surface area contributed by atoms with Gasteiger partial charge in [-0.1, -0.05) is 91.6 Å².